The molecule has 3 aromatic rings. The number of hydrogen-bond acceptors (Lipinski definition) is 4. The standard InChI is InChI=1S/C20H22N4O/c1-25-20-10-6-5-9-18(20)19-15-24(22-21-19)17-11-12-23(14-17)13-16-7-3-2-4-8-16/h2-10,15,17H,11-14H2,1H3. The Morgan fingerprint density at radius 2 is 1.88 bits per heavy atom. The molecule has 1 aromatic heterocycles. The first-order valence-electron chi connectivity index (χ1n) is 8.65. The van der Waals surface area contributed by atoms with Crippen LogP contribution in [0.15, 0.2) is 60.8 Å². The number of aromatic nitrogens is 3. The Kier molecular flexibility index (Phi) is 4.48. The first-order chi connectivity index (χ1) is 12.3. The monoisotopic (exact) mass is 334 g/mol. The Morgan fingerprint density at radius 1 is 1.08 bits per heavy atom. The molecule has 25 heavy (non-hydrogen) atoms. The highest BCUT2D eigenvalue weighted by Crippen LogP contribution is 2.29. The van der Waals surface area contributed by atoms with E-state index in [-0.39, 0.29) is 0 Å². The molecule has 1 unspecified atom stereocenters. The lowest BCUT2D eigenvalue weighted by molar-refractivity contribution is 0.310. The zero-order valence-corrected chi connectivity index (χ0v) is 14.4. The third-order valence-electron chi connectivity index (χ3n) is 4.76. The summed E-state index contributed by atoms with van der Waals surface area (Å²) < 4.78 is 7.44. The molecule has 1 atom stereocenters. The van der Waals surface area contributed by atoms with Gasteiger partial charge in [0, 0.05) is 25.2 Å². The van der Waals surface area contributed by atoms with Crippen LogP contribution in [0.1, 0.15) is 18.0 Å². The molecule has 1 saturated heterocycles. The van der Waals surface area contributed by atoms with E-state index >= 15 is 0 Å². The van der Waals surface area contributed by atoms with E-state index in [2.05, 4.69) is 45.5 Å². The number of ether oxygens (including phenoxy) is 1. The fourth-order valence-electron chi connectivity index (χ4n) is 3.45. The van der Waals surface area contributed by atoms with Crippen molar-refractivity contribution in [1.82, 2.24) is 19.9 Å². The SMILES string of the molecule is COc1ccccc1-c1cn(C2CCN(Cc3ccccc3)C2)nn1. The van der Waals surface area contributed by atoms with Crippen LogP contribution in [0.2, 0.25) is 0 Å². The smallest absolute Gasteiger partial charge is 0.128 e. The van der Waals surface area contributed by atoms with E-state index < -0.39 is 0 Å². The van der Waals surface area contributed by atoms with Gasteiger partial charge in [0.25, 0.3) is 0 Å². The maximum atomic E-state index is 5.43. The summed E-state index contributed by atoms with van der Waals surface area (Å²) in [4.78, 5) is 2.48. The van der Waals surface area contributed by atoms with Crippen molar-refractivity contribution in [3.8, 4) is 17.0 Å². The van der Waals surface area contributed by atoms with Gasteiger partial charge < -0.3 is 4.74 Å². The van der Waals surface area contributed by atoms with Gasteiger partial charge in [0.05, 0.1) is 19.3 Å². The van der Waals surface area contributed by atoms with Crippen LogP contribution in [0.3, 0.4) is 0 Å². The summed E-state index contributed by atoms with van der Waals surface area (Å²) in [6.45, 7) is 3.08. The van der Waals surface area contributed by atoms with Crippen molar-refractivity contribution in [3.63, 3.8) is 0 Å². The molecule has 5 nitrogen and oxygen atoms in total. The fourth-order valence-corrected chi connectivity index (χ4v) is 3.45. The Balaban J connectivity index is 1.46. The van der Waals surface area contributed by atoms with Crippen LogP contribution in [-0.2, 0) is 6.54 Å². The second-order valence-electron chi connectivity index (χ2n) is 6.45. The number of rotatable bonds is 5. The summed E-state index contributed by atoms with van der Waals surface area (Å²) in [7, 11) is 1.68. The number of methoxy groups -OCH3 is 1. The van der Waals surface area contributed by atoms with Crippen molar-refractivity contribution < 1.29 is 4.74 Å². The summed E-state index contributed by atoms with van der Waals surface area (Å²) in [5.74, 6) is 0.826. The lowest BCUT2D eigenvalue weighted by Gasteiger charge is -2.15. The van der Waals surface area contributed by atoms with Crippen molar-refractivity contribution in [2.45, 2.75) is 19.0 Å². The van der Waals surface area contributed by atoms with Gasteiger partial charge in [-0.3, -0.25) is 4.90 Å². The van der Waals surface area contributed by atoms with E-state index in [0.717, 1.165) is 43.1 Å². The van der Waals surface area contributed by atoms with E-state index in [0.29, 0.717) is 6.04 Å². The molecule has 0 saturated carbocycles. The molecule has 0 spiro atoms. The molecular formula is C20H22N4O. The number of likely N-dealkylation sites (tertiary alicyclic amines) is 1. The molecule has 0 radical (unpaired) electrons. The molecule has 5 heteroatoms. The first-order valence-corrected chi connectivity index (χ1v) is 8.65. The fraction of sp³-hybridized carbons (Fsp3) is 0.300. The first kappa shape index (κ1) is 15.8. The molecule has 0 amide bonds. The lowest BCUT2D eigenvalue weighted by atomic mass is 10.1. The zero-order chi connectivity index (χ0) is 17.1. The Hall–Kier alpha value is -2.66. The van der Waals surface area contributed by atoms with Crippen molar-refractivity contribution in [2.24, 2.45) is 0 Å². The van der Waals surface area contributed by atoms with Crippen LogP contribution in [0.25, 0.3) is 11.3 Å². The Labute approximate surface area is 147 Å². The van der Waals surface area contributed by atoms with Crippen LogP contribution in [0.5, 0.6) is 5.75 Å². The number of nitrogens with zero attached hydrogens (tertiary/aromatic N) is 4. The Bertz CT molecular complexity index is 830. The zero-order valence-electron chi connectivity index (χ0n) is 14.4. The van der Waals surface area contributed by atoms with E-state index in [1.807, 2.05) is 35.1 Å². The topological polar surface area (TPSA) is 43.2 Å². The average Bonchev–Trinajstić information content (AvgIpc) is 3.32. The minimum absolute atomic E-state index is 0.375. The highest BCUT2D eigenvalue weighted by Gasteiger charge is 2.25. The molecule has 0 bridgehead atoms. The average molecular weight is 334 g/mol. The largest absolute Gasteiger partial charge is 0.496 e. The number of para-hydroxylation sites is 1. The van der Waals surface area contributed by atoms with Gasteiger partial charge in [-0.1, -0.05) is 47.7 Å². The molecule has 1 aliphatic rings. The van der Waals surface area contributed by atoms with Crippen LogP contribution in [-0.4, -0.2) is 40.1 Å². The molecule has 2 aromatic carbocycles. The minimum Gasteiger partial charge on any atom is -0.496 e. The van der Waals surface area contributed by atoms with E-state index in [1.165, 1.54) is 5.56 Å². The van der Waals surface area contributed by atoms with Crippen molar-refractivity contribution >= 4 is 0 Å². The van der Waals surface area contributed by atoms with Gasteiger partial charge in [-0.15, -0.1) is 5.10 Å². The molecule has 1 aliphatic heterocycles. The molecule has 128 valence electrons. The quantitative estimate of drug-likeness (QED) is 0.717. The van der Waals surface area contributed by atoms with E-state index in [4.69, 9.17) is 4.74 Å². The lowest BCUT2D eigenvalue weighted by Crippen LogP contribution is -2.21. The summed E-state index contributed by atoms with van der Waals surface area (Å²) in [5.41, 5.74) is 3.20. The molecule has 4 rings (SSSR count). The van der Waals surface area contributed by atoms with Crippen LogP contribution >= 0.6 is 0 Å². The highest BCUT2D eigenvalue weighted by atomic mass is 16.5. The predicted octanol–water partition coefficient (Wildman–Crippen LogP) is 3.40. The van der Waals surface area contributed by atoms with Gasteiger partial charge in [-0.25, -0.2) is 4.68 Å². The van der Waals surface area contributed by atoms with Gasteiger partial charge in [-0.2, -0.15) is 0 Å². The van der Waals surface area contributed by atoms with Crippen LogP contribution in [0.4, 0.5) is 0 Å². The van der Waals surface area contributed by atoms with Crippen LogP contribution in [0, 0.1) is 0 Å². The summed E-state index contributed by atoms with van der Waals surface area (Å²) >= 11 is 0. The number of benzene rings is 2. The summed E-state index contributed by atoms with van der Waals surface area (Å²) in [5, 5.41) is 8.74. The Morgan fingerprint density at radius 3 is 2.72 bits per heavy atom. The van der Waals surface area contributed by atoms with E-state index in [9.17, 15) is 0 Å². The molecule has 0 aliphatic carbocycles. The molecule has 2 heterocycles. The van der Waals surface area contributed by atoms with Crippen molar-refractivity contribution in [2.75, 3.05) is 20.2 Å². The normalized spacial score (nSPS) is 17.7. The second kappa shape index (κ2) is 7.07. The molecular weight excluding hydrogens is 312 g/mol. The van der Waals surface area contributed by atoms with Crippen molar-refractivity contribution in [1.29, 1.82) is 0 Å². The summed E-state index contributed by atoms with van der Waals surface area (Å²) in [6, 6.07) is 18.9. The second-order valence-corrected chi connectivity index (χ2v) is 6.45. The van der Waals surface area contributed by atoms with Crippen LogP contribution < -0.4 is 4.74 Å². The molecule has 1 fully saturated rings. The van der Waals surface area contributed by atoms with Gasteiger partial charge in [0.1, 0.15) is 11.4 Å². The third kappa shape index (κ3) is 3.42. The maximum Gasteiger partial charge on any atom is 0.128 e. The van der Waals surface area contributed by atoms with Gasteiger partial charge >= 0.3 is 0 Å². The minimum atomic E-state index is 0.375. The maximum absolute atomic E-state index is 5.43. The van der Waals surface area contributed by atoms with E-state index in [1.54, 1.807) is 7.11 Å². The van der Waals surface area contributed by atoms with Gasteiger partial charge in [0.2, 0.25) is 0 Å². The molecule has 0 N–H and O–H groups in total. The summed E-state index contributed by atoms with van der Waals surface area (Å²) in [6.07, 6.45) is 3.14. The predicted molar refractivity (Wildman–Crippen MR) is 97.4 cm³/mol. The third-order valence-corrected chi connectivity index (χ3v) is 4.76. The highest BCUT2D eigenvalue weighted by molar-refractivity contribution is 5.66. The number of hydrogen-bond donors (Lipinski definition) is 0. The van der Waals surface area contributed by atoms with Gasteiger partial charge in [0.15, 0.2) is 0 Å². The van der Waals surface area contributed by atoms with Gasteiger partial charge in [-0.05, 0) is 24.1 Å². The van der Waals surface area contributed by atoms with Crippen molar-refractivity contribution in [3.05, 3.63) is 66.4 Å².